The van der Waals surface area contributed by atoms with Crippen molar-refractivity contribution in [3.8, 4) is 11.5 Å². The summed E-state index contributed by atoms with van der Waals surface area (Å²) in [4.78, 5) is 9.49. The highest BCUT2D eigenvalue weighted by atomic mass is 79.9. The maximum Gasteiger partial charge on any atom is 0.136 e. The molecule has 23 heavy (non-hydrogen) atoms. The van der Waals surface area contributed by atoms with E-state index in [4.69, 9.17) is 9.47 Å². The molecule has 0 radical (unpaired) electrons. The van der Waals surface area contributed by atoms with Gasteiger partial charge in [-0.3, -0.25) is 0 Å². The average Bonchev–Trinajstić information content (AvgIpc) is 2.61. The van der Waals surface area contributed by atoms with Crippen LogP contribution in [0.1, 0.15) is 6.92 Å². The smallest absolute Gasteiger partial charge is 0.136 e. The van der Waals surface area contributed by atoms with Gasteiger partial charge in [-0.05, 0) is 28.5 Å². The van der Waals surface area contributed by atoms with E-state index < -0.39 is 0 Å². The van der Waals surface area contributed by atoms with Crippen molar-refractivity contribution in [3.05, 3.63) is 22.8 Å². The Hall–Kier alpha value is -1.53. The Balaban J connectivity index is 2.09. The van der Waals surface area contributed by atoms with Crippen LogP contribution in [0.4, 0.5) is 5.82 Å². The van der Waals surface area contributed by atoms with Gasteiger partial charge in [0, 0.05) is 53.7 Å². The normalized spacial score (nSPS) is 15.9. The molecule has 1 aliphatic rings. The van der Waals surface area contributed by atoms with Crippen molar-refractivity contribution in [1.82, 2.24) is 9.88 Å². The lowest BCUT2D eigenvalue weighted by Crippen LogP contribution is -2.46. The number of fused-ring (bicyclic) bond motifs is 1. The van der Waals surface area contributed by atoms with Gasteiger partial charge in [-0.25, -0.2) is 4.98 Å². The summed E-state index contributed by atoms with van der Waals surface area (Å²) in [6.07, 6.45) is 1.86. The van der Waals surface area contributed by atoms with E-state index in [1.54, 1.807) is 14.2 Å². The largest absolute Gasteiger partial charge is 0.497 e. The molecule has 0 atom stereocenters. The predicted octanol–water partition coefficient (Wildman–Crippen LogP) is 3.16. The molecule has 1 fully saturated rings. The van der Waals surface area contributed by atoms with Gasteiger partial charge in [-0.1, -0.05) is 6.92 Å². The van der Waals surface area contributed by atoms with Gasteiger partial charge in [-0.2, -0.15) is 0 Å². The zero-order valence-corrected chi connectivity index (χ0v) is 15.4. The van der Waals surface area contributed by atoms with Crippen molar-refractivity contribution < 1.29 is 9.47 Å². The van der Waals surface area contributed by atoms with Crippen molar-refractivity contribution in [1.29, 1.82) is 0 Å². The molecular weight excluding hydrogens is 358 g/mol. The molecule has 0 bridgehead atoms. The number of methoxy groups -OCH3 is 2. The number of hydrogen-bond donors (Lipinski definition) is 0. The third-order valence-electron chi connectivity index (χ3n) is 4.43. The molecule has 0 saturated carbocycles. The molecule has 3 rings (SSSR count). The summed E-state index contributed by atoms with van der Waals surface area (Å²) in [6.45, 7) is 7.41. The van der Waals surface area contributed by atoms with Crippen LogP contribution < -0.4 is 14.4 Å². The molecule has 0 aliphatic carbocycles. The fourth-order valence-corrected chi connectivity index (χ4v) is 3.58. The summed E-state index contributed by atoms with van der Waals surface area (Å²) < 4.78 is 11.9. The maximum atomic E-state index is 5.56. The molecule has 2 heterocycles. The summed E-state index contributed by atoms with van der Waals surface area (Å²) in [5.41, 5.74) is 0. The molecule has 0 spiro atoms. The van der Waals surface area contributed by atoms with Gasteiger partial charge in [0.05, 0.1) is 14.2 Å². The van der Waals surface area contributed by atoms with Crippen LogP contribution in [0.5, 0.6) is 11.5 Å². The van der Waals surface area contributed by atoms with Crippen LogP contribution in [0.25, 0.3) is 10.8 Å². The number of aromatic nitrogens is 1. The Morgan fingerprint density at radius 2 is 1.87 bits per heavy atom. The fraction of sp³-hybridized carbons (Fsp3) is 0.471. The summed E-state index contributed by atoms with van der Waals surface area (Å²) in [7, 11) is 3.35. The monoisotopic (exact) mass is 379 g/mol. The van der Waals surface area contributed by atoms with Crippen LogP contribution in [0.15, 0.2) is 22.8 Å². The molecule has 1 saturated heterocycles. The van der Waals surface area contributed by atoms with Crippen LogP contribution in [-0.4, -0.2) is 56.8 Å². The van der Waals surface area contributed by atoms with Crippen molar-refractivity contribution >= 4 is 32.5 Å². The van der Waals surface area contributed by atoms with Crippen LogP contribution >= 0.6 is 15.9 Å². The van der Waals surface area contributed by atoms with E-state index >= 15 is 0 Å². The van der Waals surface area contributed by atoms with E-state index in [1.807, 2.05) is 18.3 Å². The number of rotatable bonds is 4. The Morgan fingerprint density at radius 1 is 1.13 bits per heavy atom. The van der Waals surface area contributed by atoms with Crippen LogP contribution in [0, 0.1) is 0 Å². The van der Waals surface area contributed by atoms with Gasteiger partial charge < -0.3 is 19.3 Å². The Bertz CT molecular complexity index is 700. The van der Waals surface area contributed by atoms with E-state index in [-0.39, 0.29) is 0 Å². The Kier molecular flexibility index (Phi) is 4.92. The molecule has 1 aromatic heterocycles. The lowest BCUT2D eigenvalue weighted by molar-refractivity contribution is 0.271. The fourth-order valence-electron chi connectivity index (χ4n) is 3.07. The molecule has 0 amide bonds. The molecular formula is C17H22BrN3O2. The minimum atomic E-state index is 0.780. The number of ether oxygens (including phenoxy) is 2. The van der Waals surface area contributed by atoms with E-state index in [9.17, 15) is 0 Å². The maximum absolute atomic E-state index is 5.56. The summed E-state index contributed by atoms with van der Waals surface area (Å²) in [5, 5.41) is 2.09. The molecule has 0 unspecified atom stereocenters. The molecule has 5 nitrogen and oxygen atoms in total. The van der Waals surface area contributed by atoms with Gasteiger partial charge in [0.1, 0.15) is 17.3 Å². The third kappa shape index (κ3) is 3.10. The molecule has 1 aromatic carbocycles. The van der Waals surface area contributed by atoms with Gasteiger partial charge in [0.25, 0.3) is 0 Å². The van der Waals surface area contributed by atoms with Crippen LogP contribution in [0.3, 0.4) is 0 Å². The molecule has 1 aliphatic heterocycles. The van der Waals surface area contributed by atoms with Gasteiger partial charge in [0.15, 0.2) is 0 Å². The number of piperazine rings is 1. The number of nitrogens with zero attached hydrogens (tertiary/aromatic N) is 3. The highest BCUT2D eigenvalue weighted by Gasteiger charge is 2.21. The predicted molar refractivity (Wildman–Crippen MR) is 96.9 cm³/mol. The average molecular weight is 380 g/mol. The number of hydrogen-bond acceptors (Lipinski definition) is 5. The zero-order valence-electron chi connectivity index (χ0n) is 13.8. The second kappa shape index (κ2) is 6.93. The first kappa shape index (κ1) is 16.3. The zero-order chi connectivity index (χ0) is 16.4. The topological polar surface area (TPSA) is 37.8 Å². The van der Waals surface area contributed by atoms with E-state index in [0.717, 1.165) is 65.3 Å². The molecule has 2 aromatic rings. The lowest BCUT2D eigenvalue weighted by Gasteiger charge is -2.35. The van der Waals surface area contributed by atoms with Crippen molar-refractivity contribution in [2.45, 2.75) is 6.92 Å². The Morgan fingerprint density at radius 3 is 2.48 bits per heavy atom. The first-order valence-electron chi connectivity index (χ1n) is 7.85. The first-order chi connectivity index (χ1) is 11.2. The second-order valence-corrected chi connectivity index (χ2v) is 6.46. The standard InChI is InChI=1S/C17H22BrN3O2/c1-4-20-5-7-21(8-6-20)17-13-9-12(22-2)10-15(23-3)16(13)14(18)11-19-17/h9-11H,4-8H2,1-3H3. The second-order valence-electron chi connectivity index (χ2n) is 5.60. The van der Waals surface area contributed by atoms with E-state index in [1.165, 1.54) is 0 Å². The highest BCUT2D eigenvalue weighted by Crippen LogP contribution is 2.39. The minimum Gasteiger partial charge on any atom is -0.497 e. The first-order valence-corrected chi connectivity index (χ1v) is 8.64. The third-order valence-corrected chi connectivity index (χ3v) is 5.03. The van der Waals surface area contributed by atoms with Crippen LogP contribution in [0.2, 0.25) is 0 Å². The summed E-state index contributed by atoms with van der Waals surface area (Å²) in [5.74, 6) is 2.57. The number of halogens is 1. The quantitative estimate of drug-likeness (QED) is 0.815. The van der Waals surface area contributed by atoms with Gasteiger partial charge in [-0.15, -0.1) is 0 Å². The number of benzene rings is 1. The van der Waals surface area contributed by atoms with Crippen molar-refractivity contribution in [2.75, 3.05) is 51.8 Å². The summed E-state index contributed by atoms with van der Waals surface area (Å²) in [6, 6.07) is 3.95. The molecule has 6 heteroatoms. The number of likely N-dealkylation sites (N-methyl/N-ethyl adjacent to an activating group) is 1. The SMILES string of the molecule is CCN1CCN(c2ncc(Br)c3c(OC)cc(OC)cc23)CC1. The summed E-state index contributed by atoms with van der Waals surface area (Å²) >= 11 is 3.60. The highest BCUT2D eigenvalue weighted by molar-refractivity contribution is 9.10. The van der Waals surface area contributed by atoms with Gasteiger partial charge in [0.2, 0.25) is 0 Å². The molecule has 0 N–H and O–H groups in total. The van der Waals surface area contributed by atoms with Crippen molar-refractivity contribution in [3.63, 3.8) is 0 Å². The number of pyridine rings is 1. The lowest BCUT2D eigenvalue weighted by atomic mass is 10.1. The number of anilines is 1. The Labute approximate surface area is 145 Å². The van der Waals surface area contributed by atoms with Crippen LogP contribution in [-0.2, 0) is 0 Å². The van der Waals surface area contributed by atoms with E-state index in [0.29, 0.717) is 0 Å². The van der Waals surface area contributed by atoms with Crippen molar-refractivity contribution in [2.24, 2.45) is 0 Å². The molecule has 124 valence electrons. The van der Waals surface area contributed by atoms with Gasteiger partial charge >= 0.3 is 0 Å². The van der Waals surface area contributed by atoms with E-state index in [2.05, 4.69) is 37.6 Å². The minimum absolute atomic E-state index is 0.780.